The van der Waals surface area contributed by atoms with E-state index in [1.807, 2.05) is 6.07 Å². The fourth-order valence-electron chi connectivity index (χ4n) is 2.47. The molecule has 23 heavy (non-hydrogen) atoms. The zero-order valence-corrected chi connectivity index (χ0v) is 14.5. The molecule has 0 radical (unpaired) electrons. The van der Waals surface area contributed by atoms with Gasteiger partial charge in [-0.2, -0.15) is 0 Å². The van der Waals surface area contributed by atoms with E-state index >= 15 is 0 Å². The van der Waals surface area contributed by atoms with E-state index in [2.05, 4.69) is 30.0 Å². The van der Waals surface area contributed by atoms with E-state index in [0.717, 1.165) is 12.8 Å². The first-order valence-electron chi connectivity index (χ1n) is 8.14. The van der Waals surface area contributed by atoms with Crippen molar-refractivity contribution in [2.24, 2.45) is 5.92 Å². The second kappa shape index (κ2) is 8.72. The van der Waals surface area contributed by atoms with Crippen LogP contribution < -0.4 is 20.9 Å². The van der Waals surface area contributed by atoms with Gasteiger partial charge in [0.05, 0.1) is 6.61 Å². The molecule has 0 aromatic heterocycles. The number of nitrogens with one attached hydrogen (secondary N) is 3. The molecule has 1 aliphatic rings. The Labute approximate surface area is 143 Å². The average molecular weight is 335 g/mol. The fraction of sp³-hybridized carbons (Fsp3) is 0.529. The summed E-state index contributed by atoms with van der Waals surface area (Å²) >= 11 is 5.19. The summed E-state index contributed by atoms with van der Waals surface area (Å²) in [6.07, 6.45) is 4.72. The summed E-state index contributed by atoms with van der Waals surface area (Å²) in [6, 6.07) is 7.54. The highest BCUT2D eigenvalue weighted by Gasteiger charge is 2.15. The van der Waals surface area contributed by atoms with Gasteiger partial charge in [0.15, 0.2) is 5.11 Å². The van der Waals surface area contributed by atoms with Crippen LogP contribution in [0.25, 0.3) is 0 Å². The first kappa shape index (κ1) is 17.5. The van der Waals surface area contributed by atoms with Gasteiger partial charge in [-0.25, -0.2) is 0 Å². The van der Waals surface area contributed by atoms with E-state index in [0.29, 0.717) is 35.0 Å². The average Bonchev–Trinajstić information content (AvgIpc) is 3.03. The summed E-state index contributed by atoms with van der Waals surface area (Å²) in [7, 11) is 0. The molecule has 0 aliphatic heterocycles. The zero-order valence-electron chi connectivity index (χ0n) is 13.7. The van der Waals surface area contributed by atoms with Crippen LogP contribution in [0.1, 0.15) is 49.9 Å². The van der Waals surface area contributed by atoms with Gasteiger partial charge in [-0.05, 0) is 49.2 Å². The Kier molecular flexibility index (Phi) is 6.65. The molecule has 1 amide bonds. The number of hydrogen-bond acceptors (Lipinski definition) is 3. The SMILES string of the molecule is CC(C)COc1cccc(C(=O)NNC(=S)NC2CCCC2)c1. The lowest BCUT2D eigenvalue weighted by Gasteiger charge is -2.16. The van der Waals surface area contributed by atoms with E-state index in [-0.39, 0.29) is 5.91 Å². The molecular formula is C17H25N3O2S. The van der Waals surface area contributed by atoms with Crippen molar-refractivity contribution >= 4 is 23.2 Å². The van der Waals surface area contributed by atoms with Gasteiger partial charge in [-0.3, -0.25) is 15.6 Å². The third-order valence-electron chi connectivity index (χ3n) is 3.66. The number of rotatable bonds is 5. The highest BCUT2D eigenvalue weighted by molar-refractivity contribution is 7.80. The molecule has 126 valence electrons. The summed E-state index contributed by atoms with van der Waals surface area (Å²) < 4.78 is 5.63. The van der Waals surface area contributed by atoms with Crippen molar-refractivity contribution in [2.75, 3.05) is 6.61 Å². The molecule has 2 rings (SSSR count). The summed E-state index contributed by atoms with van der Waals surface area (Å²) in [5.74, 6) is 0.891. The normalized spacial score (nSPS) is 14.6. The Morgan fingerprint density at radius 1 is 1.30 bits per heavy atom. The second-order valence-corrected chi connectivity index (χ2v) is 6.67. The van der Waals surface area contributed by atoms with Crippen molar-refractivity contribution in [2.45, 2.75) is 45.6 Å². The molecule has 6 heteroatoms. The van der Waals surface area contributed by atoms with Crippen molar-refractivity contribution in [1.82, 2.24) is 16.2 Å². The summed E-state index contributed by atoms with van der Waals surface area (Å²) in [6.45, 7) is 4.79. The van der Waals surface area contributed by atoms with Crippen LogP contribution in [0, 0.1) is 5.92 Å². The Bertz CT molecular complexity index is 542. The smallest absolute Gasteiger partial charge is 0.269 e. The minimum absolute atomic E-state index is 0.240. The molecule has 0 bridgehead atoms. The topological polar surface area (TPSA) is 62.4 Å². The third kappa shape index (κ3) is 6.06. The fourth-order valence-corrected chi connectivity index (χ4v) is 2.69. The number of ether oxygens (including phenoxy) is 1. The largest absolute Gasteiger partial charge is 0.493 e. The van der Waals surface area contributed by atoms with Gasteiger partial charge in [-0.1, -0.05) is 32.8 Å². The molecular weight excluding hydrogens is 310 g/mol. The van der Waals surface area contributed by atoms with Crippen LogP contribution in [0.3, 0.4) is 0 Å². The number of carbonyl (C=O) groups is 1. The molecule has 3 N–H and O–H groups in total. The van der Waals surface area contributed by atoms with Crippen LogP contribution >= 0.6 is 12.2 Å². The number of amides is 1. The van der Waals surface area contributed by atoms with Crippen molar-refractivity contribution in [3.05, 3.63) is 29.8 Å². The van der Waals surface area contributed by atoms with Gasteiger partial charge in [0.25, 0.3) is 5.91 Å². The highest BCUT2D eigenvalue weighted by Crippen LogP contribution is 2.17. The summed E-state index contributed by atoms with van der Waals surface area (Å²) in [4.78, 5) is 12.2. The quantitative estimate of drug-likeness (QED) is 0.570. The standard InChI is InChI=1S/C17H25N3O2S/c1-12(2)11-22-15-9-5-6-13(10-15)16(21)19-20-17(23)18-14-7-3-4-8-14/h5-6,9-10,12,14H,3-4,7-8,11H2,1-2H3,(H,19,21)(H2,18,20,23). The van der Waals surface area contributed by atoms with E-state index in [4.69, 9.17) is 17.0 Å². The number of hydrazine groups is 1. The first-order chi connectivity index (χ1) is 11.0. The van der Waals surface area contributed by atoms with Crippen LogP contribution in [0.2, 0.25) is 0 Å². The molecule has 1 aliphatic carbocycles. The lowest BCUT2D eigenvalue weighted by molar-refractivity contribution is 0.0943. The summed E-state index contributed by atoms with van der Waals surface area (Å²) in [5.41, 5.74) is 5.90. The van der Waals surface area contributed by atoms with Crippen LogP contribution in [0.5, 0.6) is 5.75 Å². The maximum Gasteiger partial charge on any atom is 0.269 e. The van der Waals surface area contributed by atoms with Gasteiger partial charge < -0.3 is 10.1 Å². The zero-order chi connectivity index (χ0) is 16.7. The van der Waals surface area contributed by atoms with Gasteiger partial charge in [0.1, 0.15) is 5.75 Å². The van der Waals surface area contributed by atoms with E-state index in [1.165, 1.54) is 12.8 Å². The van der Waals surface area contributed by atoms with Crippen molar-refractivity contribution in [3.8, 4) is 5.75 Å². The molecule has 0 saturated heterocycles. The second-order valence-electron chi connectivity index (χ2n) is 6.27. The minimum Gasteiger partial charge on any atom is -0.493 e. The first-order valence-corrected chi connectivity index (χ1v) is 8.55. The van der Waals surface area contributed by atoms with Crippen LogP contribution in [-0.2, 0) is 0 Å². The molecule has 0 atom stereocenters. The number of carbonyl (C=O) groups excluding carboxylic acids is 1. The van der Waals surface area contributed by atoms with Crippen LogP contribution in [0.4, 0.5) is 0 Å². The Balaban J connectivity index is 1.80. The third-order valence-corrected chi connectivity index (χ3v) is 3.88. The molecule has 1 aromatic carbocycles. The van der Waals surface area contributed by atoms with Crippen LogP contribution in [-0.4, -0.2) is 23.7 Å². The lowest BCUT2D eigenvalue weighted by Crippen LogP contribution is -2.49. The molecule has 5 nitrogen and oxygen atoms in total. The van der Waals surface area contributed by atoms with Crippen molar-refractivity contribution < 1.29 is 9.53 Å². The molecule has 1 fully saturated rings. The number of hydrogen-bond donors (Lipinski definition) is 3. The Hall–Kier alpha value is -1.82. The maximum absolute atomic E-state index is 12.2. The van der Waals surface area contributed by atoms with Crippen LogP contribution in [0.15, 0.2) is 24.3 Å². The van der Waals surface area contributed by atoms with Gasteiger partial charge in [-0.15, -0.1) is 0 Å². The Morgan fingerprint density at radius 2 is 2.04 bits per heavy atom. The van der Waals surface area contributed by atoms with Gasteiger partial charge in [0.2, 0.25) is 0 Å². The molecule has 0 spiro atoms. The van der Waals surface area contributed by atoms with Crippen molar-refractivity contribution in [1.29, 1.82) is 0 Å². The number of thiocarbonyl (C=S) groups is 1. The minimum atomic E-state index is -0.240. The van der Waals surface area contributed by atoms with Crippen molar-refractivity contribution in [3.63, 3.8) is 0 Å². The van der Waals surface area contributed by atoms with E-state index in [9.17, 15) is 4.79 Å². The van der Waals surface area contributed by atoms with E-state index < -0.39 is 0 Å². The van der Waals surface area contributed by atoms with Gasteiger partial charge >= 0.3 is 0 Å². The van der Waals surface area contributed by atoms with E-state index in [1.54, 1.807) is 18.2 Å². The number of benzene rings is 1. The Morgan fingerprint density at radius 3 is 2.74 bits per heavy atom. The molecule has 0 heterocycles. The summed E-state index contributed by atoms with van der Waals surface area (Å²) in [5, 5.41) is 3.67. The molecule has 1 saturated carbocycles. The maximum atomic E-state index is 12.2. The predicted molar refractivity (Wildman–Crippen MR) is 95.4 cm³/mol. The monoisotopic (exact) mass is 335 g/mol. The van der Waals surface area contributed by atoms with Gasteiger partial charge in [0, 0.05) is 11.6 Å². The lowest BCUT2D eigenvalue weighted by atomic mass is 10.2. The highest BCUT2D eigenvalue weighted by atomic mass is 32.1. The predicted octanol–water partition coefficient (Wildman–Crippen LogP) is 2.77. The molecule has 0 unspecified atom stereocenters. The molecule has 1 aromatic rings.